The quantitative estimate of drug-likeness (QED) is 0.514. The lowest BCUT2D eigenvalue weighted by Crippen LogP contribution is -2.22. The van der Waals surface area contributed by atoms with Gasteiger partial charge in [-0.25, -0.2) is 10.4 Å². The third-order valence-corrected chi connectivity index (χ3v) is 6.12. The summed E-state index contributed by atoms with van der Waals surface area (Å²) in [5, 5.41) is 6.83. The number of aryl methyl sites for hydroxylation is 1. The van der Waals surface area contributed by atoms with Crippen LogP contribution in [0.4, 0.5) is 0 Å². The molecule has 5 nitrogen and oxygen atoms in total. The number of Topliss-reactive ketones (excluding diaryl/α,β-unsaturated/α-hetero) is 1. The molecule has 1 aliphatic carbocycles. The smallest absolute Gasteiger partial charge is 0.283 e. The lowest BCUT2D eigenvalue weighted by atomic mass is 10.1. The van der Waals surface area contributed by atoms with E-state index in [2.05, 4.69) is 15.5 Å². The fraction of sp³-hybridized carbons (Fsp3) is 0.0435. The summed E-state index contributed by atoms with van der Waals surface area (Å²) in [6, 6.07) is 21.0. The van der Waals surface area contributed by atoms with Gasteiger partial charge in [0.2, 0.25) is 5.78 Å². The van der Waals surface area contributed by atoms with E-state index < -0.39 is 0 Å². The SMILES string of the molecule is Cc1nc(-c2ccccc2)sc1C(=O)N/N=C1\C(=O)c2cccc3cccc1c23. The molecule has 6 heteroatoms. The average Bonchev–Trinajstić information content (AvgIpc) is 3.27. The Labute approximate surface area is 170 Å². The molecule has 1 N–H and O–H groups in total. The van der Waals surface area contributed by atoms with Gasteiger partial charge >= 0.3 is 0 Å². The number of rotatable bonds is 3. The zero-order valence-electron chi connectivity index (χ0n) is 15.5. The predicted molar refractivity (Wildman–Crippen MR) is 115 cm³/mol. The molecule has 1 heterocycles. The largest absolute Gasteiger partial charge is 0.287 e. The Morgan fingerprint density at radius 1 is 0.966 bits per heavy atom. The highest BCUT2D eigenvalue weighted by Gasteiger charge is 2.29. The lowest BCUT2D eigenvalue weighted by Gasteiger charge is -2.01. The number of benzene rings is 3. The maximum Gasteiger partial charge on any atom is 0.283 e. The van der Waals surface area contributed by atoms with Crippen molar-refractivity contribution >= 4 is 39.5 Å². The van der Waals surface area contributed by atoms with E-state index in [4.69, 9.17) is 0 Å². The highest BCUT2D eigenvalue weighted by atomic mass is 32.1. The van der Waals surface area contributed by atoms with Gasteiger partial charge in [0.25, 0.3) is 5.91 Å². The zero-order chi connectivity index (χ0) is 20.0. The molecule has 0 saturated carbocycles. The summed E-state index contributed by atoms with van der Waals surface area (Å²) >= 11 is 1.31. The minimum atomic E-state index is -0.370. The van der Waals surface area contributed by atoms with E-state index in [1.165, 1.54) is 11.3 Å². The number of hydrogen-bond donors (Lipinski definition) is 1. The summed E-state index contributed by atoms with van der Waals surface area (Å²) in [5.41, 5.74) is 5.77. The highest BCUT2D eigenvalue weighted by molar-refractivity contribution is 7.17. The van der Waals surface area contributed by atoms with Gasteiger partial charge in [-0.1, -0.05) is 66.7 Å². The molecule has 0 bridgehead atoms. The molecule has 3 aromatic carbocycles. The number of aromatic nitrogens is 1. The van der Waals surface area contributed by atoms with E-state index in [9.17, 15) is 9.59 Å². The number of carbonyl (C=O) groups is 2. The number of amides is 1. The van der Waals surface area contributed by atoms with Crippen LogP contribution in [0.1, 0.15) is 31.3 Å². The zero-order valence-corrected chi connectivity index (χ0v) is 16.3. The first-order valence-electron chi connectivity index (χ1n) is 9.11. The van der Waals surface area contributed by atoms with Gasteiger partial charge in [0.1, 0.15) is 15.6 Å². The van der Waals surface area contributed by atoms with Gasteiger partial charge in [0.15, 0.2) is 0 Å². The van der Waals surface area contributed by atoms with E-state index >= 15 is 0 Å². The Bertz CT molecular complexity index is 1320. The molecule has 1 aromatic heterocycles. The van der Waals surface area contributed by atoms with E-state index in [1.54, 1.807) is 13.0 Å². The van der Waals surface area contributed by atoms with Crippen molar-refractivity contribution in [2.24, 2.45) is 5.10 Å². The van der Waals surface area contributed by atoms with Gasteiger partial charge < -0.3 is 0 Å². The van der Waals surface area contributed by atoms with Gasteiger partial charge in [-0.15, -0.1) is 11.3 Å². The molecule has 0 spiro atoms. The Kier molecular flexibility index (Phi) is 4.07. The number of nitrogens with zero attached hydrogens (tertiary/aromatic N) is 2. The monoisotopic (exact) mass is 397 g/mol. The highest BCUT2D eigenvalue weighted by Crippen LogP contribution is 2.31. The molecule has 5 rings (SSSR count). The third kappa shape index (κ3) is 2.85. The molecule has 0 aliphatic heterocycles. The molecule has 0 unspecified atom stereocenters. The Morgan fingerprint density at radius 3 is 2.45 bits per heavy atom. The van der Waals surface area contributed by atoms with Crippen molar-refractivity contribution in [3.63, 3.8) is 0 Å². The first-order valence-corrected chi connectivity index (χ1v) is 9.93. The molecule has 0 radical (unpaired) electrons. The molecule has 140 valence electrons. The minimum Gasteiger partial charge on any atom is -0.287 e. The number of hydrogen-bond acceptors (Lipinski definition) is 5. The molecule has 1 aliphatic rings. The van der Waals surface area contributed by atoms with Crippen LogP contribution in [-0.4, -0.2) is 22.4 Å². The van der Waals surface area contributed by atoms with Crippen molar-refractivity contribution in [3.05, 3.63) is 88.4 Å². The van der Waals surface area contributed by atoms with Crippen molar-refractivity contribution in [2.75, 3.05) is 0 Å². The van der Waals surface area contributed by atoms with Gasteiger partial charge in [0.05, 0.1) is 5.69 Å². The van der Waals surface area contributed by atoms with Gasteiger partial charge in [-0.05, 0) is 12.3 Å². The van der Waals surface area contributed by atoms with Crippen LogP contribution in [0.2, 0.25) is 0 Å². The fourth-order valence-corrected chi connectivity index (χ4v) is 4.52. The van der Waals surface area contributed by atoms with Crippen LogP contribution in [-0.2, 0) is 0 Å². The van der Waals surface area contributed by atoms with Crippen LogP contribution in [0.5, 0.6) is 0 Å². The molecular formula is C23H15N3O2S. The van der Waals surface area contributed by atoms with Crippen molar-refractivity contribution < 1.29 is 9.59 Å². The summed E-state index contributed by atoms with van der Waals surface area (Å²) in [4.78, 5) is 30.5. The summed E-state index contributed by atoms with van der Waals surface area (Å²) in [6.07, 6.45) is 0. The summed E-state index contributed by atoms with van der Waals surface area (Å²) in [6.45, 7) is 1.79. The number of thiazole rings is 1. The second-order valence-electron chi connectivity index (χ2n) is 6.74. The number of carbonyl (C=O) groups excluding carboxylic acids is 2. The maximum absolute atomic E-state index is 12.8. The van der Waals surface area contributed by atoms with Crippen LogP contribution in [0.3, 0.4) is 0 Å². The van der Waals surface area contributed by atoms with Gasteiger partial charge in [-0.3, -0.25) is 9.59 Å². The molecule has 4 aromatic rings. The Balaban J connectivity index is 1.46. The van der Waals surface area contributed by atoms with Crippen LogP contribution in [0, 0.1) is 6.92 Å². The maximum atomic E-state index is 12.8. The molecule has 0 saturated heterocycles. The van der Waals surface area contributed by atoms with Crippen LogP contribution >= 0.6 is 11.3 Å². The van der Waals surface area contributed by atoms with Crippen molar-refractivity contribution in [1.82, 2.24) is 10.4 Å². The molecule has 0 atom stereocenters. The van der Waals surface area contributed by atoms with E-state index in [0.29, 0.717) is 16.1 Å². The molecule has 29 heavy (non-hydrogen) atoms. The third-order valence-electron chi connectivity index (χ3n) is 4.91. The standard InChI is InChI=1S/C23H15N3O2S/c1-13-21(29-23(24-13)15-7-3-2-4-8-15)22(28)26-25-19-16-11-5-9-14-10-6-12-17(18(14)16)20(19)27/h2-12H,1H3,(H,26,28)/b25-19-. The van der Waals surface area contributed by atoms with E-state index in [1.807, 2.05) is 60.7 Å². The Morgan fingerprint density at radius 2 is 1.69 bits per heavy atom. The predicted octanol–water partition coefficient (Wildman–Crippen LogP) is 4.60. The molecule has 0 fully saturated rings. The topological polar surface area (TPSA) is 71.4 Å². The first-order chi connectivity index (χ1) is 14.1. The number of ketones is 1. The summed E-state index contributed by atoms with van der Waals surface area (Å²) in [7, 11) is 0. The van der Waals surface area contributed by atoms with E-state index in [0.717, 1.165) is 26.9 Å². The number of nitrogens with one attached hydrogen (secondary N) is 1. The van der Waals surface area contributed by atoms with Gasteiger partial charge in [-0.2, -0.15) is 5.10 Å². The van der Waals surface area contributed by atoms with Crippen LogP contribution in [0.25, 0.3) is 21.3 Å². The fourth-order valence-electron chi connectivity index (χ4n) is 3.56. The van der Waals surface area contributed by atoms with Crippen LogP contribution in [0.15, 0.2) is 71.8 Å². The van der Waals surface area contributed by atoms with Crippen molar-refractivity contribution in [3.8, 4) is 10.6 Å². The lowest BCUT2D eigenvalue weighted by molar-refractivity contribution is 0.0958. The minimum absolute atomic E-state index is 0.178. The van der Waals surface area contributed by atoms with Gasteiger partial charge in [0, 0.05) is 22.1 Å². The second-order valence-corrected chi connectivity index (χ2v) is 7.74. The number of hydrazone groups is 1. The molecular weight excluding hydrogens is 382 g/mol. The summed E-state index contributed by atoms with van der Waals surface area (Å²) in [5.74, 6) is -0.547. The summed E-state index contributed by atoms with van der Waals surface area (Å²) < 4.78 is 0. The van der Waals surface area contributed by atoms with Crippen molar-refractivity contribution in [1.29, 1.82) is 0 Å². The Hall–Kier alpha value is -3.64. The first kappa shape index (κ1) is 17.5. The average molecular weight is 397 g/mol. The van der Waals surface area contributed by atoms with E-state index in [-0.39, 0.29) is 17.4 Å². The normalized spacial score (nSPS) is 14.0. The molecule has 1 amide bonds. The van der Waals surface area contributed by atoms with Crippen LogP contribution < -0.4 is 5.43 Å². The van der Waals surface area contributed by atoms with Crippen molar-refractivity contribution in [2.45, 2.75) is 6.92 Å². The second kappa shape index (κ2) is 6.76.